The molecule has 3 aromatic carbocycles. The number of rotatable bonds is 8. The average Bonchev–Trinajstić information content (AvgIpc) is 2.77. The molecule has 0 fully saturated rings. The van der Waals surface area contributed by atoms with Crippen LogP contribution in [-0.2, 0) is 16.1 Å². The molecule has 0 saturated heterocycles. The quantitative estimate of drug-likeness (QED) is 0.399. The van der Waals surface area contributed by atoms with Gasteiger partial charge >= 0.3 is 5.97 Å². The maximum Gasteiger partial charge on any atom is 0.342 e. The first-order valence-corrected chi connectivity index (χ1v) is 9.85. The zero-order valence-corrected chi connectivity index (χ0v) is 17.5. The van der Waals surface area contributed by atoms with E-state index in [1.54, 1.807) is 54.6 Å². The highest BCUT2D eigenvalue weighted by Gasteiger charge is 2.17. The second kappa shape index (κ2) is 10.4. The minimum atomic E-state index is -0.704. The average molecular weight is 438 g/mol. The highest BCUT2D eigenvalue weighted by molar-refractivity contribution is 6.31. The molecule has 0 heterocycles. The van der Waals surface area contributed by atoms with Crippen LogP contribution < -0.4 is 10.1 Å². The van der Waals surface area contributed by atoms with Crippen molar-refractivity contribution in [1.82, 2.24) is 0 Å². The van der Waals surface area contributed by atoms with Crippen LogP contribution in [0.4, 0.5) is 5.69 Å². The van der Waals surface area contributed by atoms with Gasteiger partial charge in [0.05, 0.1) is 5.69 Å². The molecule has 1 N–H and O–H groups in total. The van der Waals surface area contributed by atoms with Crippen LogP contribution in [0.15, 0.2) is 72.8 Å². The van der Waals surface area contributed by atoms with E-state index in [9.17, 15) is 14.4 Å². The predicted octanol–water partition coefficient (Wildman–Crippen LogP) is 4.92. The van der Waals surface area contributed by atoms with E-state index in [0.29, 0.717) is 22.0 Å². The smallest absolute Gasteiger partial charge is 0.342 e. The summed E-state index contributed by atoms with van der Waals surface area (Å²) < 4.78 is 10.9. The molecule has 3 aromatic rings. The summed E-state index contributed by atoms with van der Waals surface area (Å²) >= 11 is 6.14. The number of esters is 1. The molecule has 7 heteroatoms. The molecule has 158 valence electrons. The van der Waals surface area contributed by atoms with Crippen molar-refractivity contribution < 1.29 is 23.9 Å². The molecule has 1 amide bonds. The zero-order valence-electron chi connectivity index (χ0n) is 16.8. The topological polar surface area (TPSA) is 81.7 Å². The lowest BCUT2D eigenvalue weighted by molar-refractivity contribution is -0.119. The second-order valence-corrected chi connectivity index (χ2v) is 7.01. The van der Waals surface area contributed by atoms with Gasteiger partial charge < -0.3 is 14.8 Å². The van der Waals surface area contributed by atoms with E-state index >= 15 is 0 Å². The third kappa shape index (κ3) is 5.93. The van der Waals surface area contributed by atoms with Gasteiger partial charge in [-0.1, -0.05) is 54.1 Å². The number of para-hydroxylation sites is 2. The summed E-state index contributed by atoms with van der Waals surface area (Å²) in [6.45, 7) is 1.07. The van der Waals surface area contributed by atoms with Crippen molar-refractivity contribution in [3.63, 3.8) is 0 Å². The van der Waals surface area contributed by atoms with E-state index in [1.807, 2.05) is 18.2 Å². The van der Waals surface area contributed by atoms with Crippen molar-refractivity contribution in [3.8, 4) is 5.75 Å². The standard InChI is InChI=1S/C24H20ClNO5/c1-16(27)18-9-3-6-12-21(18)26-23(28)15-31-24(29)19-10-4-7-13-22(19)30-14-17-8-2-5-11-20(17)25/h2-13H,14-15H2,1H3,(H,26,28). The molecule has 3 rings (SSSR count). The Kier molecular flexibility index (Phi) is 7.40. The van der Waals surface area contributed by atoms with Gasteiger partial charge in [0, 0.05) is 16.1 Å². The Bertz CT molecular complexity index is 1110. The Morgan fingerprint density at radius 2 is 1.52 bits per heavy atom. The monoisotopic (exact) mass is 437 g/mol. The van der Waals surface area contributed by atoms with Crippen LogP contribution in [0.2, 0.25) is 5.02 Å². The molecule has 0 aliphatic carbocycles. The predicted molar refractivity (Wildman–Crippen MR) is 118 cm³/mol. The normalized spacial score (nSPS) is 10.3. The SMILES string of the molecule is CC(=O)c1ccccc1NC(=O)COC(=O)c1ccccc1OCc1ccccc1Cl. The van der Waals surface area contributed by atoms with E-state index < -0.39 is 18.5 Å². The molecule has 6 nitrogen and oxygen atoms in total. The highest BCUT2D eigenvalue weighted by Crippen LogP contribution is 2.23. The maximum absolute atomic E-state index is 12.5. The van der Waals surface area contributed by atoms with Crippen LogP contribution >= 0.6 is 11.6 Å². The van der Waals surface area contributed by atoms with Gasteiger partial charge in [0.15, 0.2) is 12.4 Å². The van der Waals surface area contributed by atoms with Gasteiger partial charge in [-0.3, -0.25) is 9.59 Å². The number of ketones is 1. The van der Waals surface area contributed by atoms with Crippen LogP contribution in [-0.4, -0.2) is 24.3 Å². The summed E-state index contributed by atoms with van der Waals surface area (Å²) in [6, 6.07) is 20.4. The number of Topliss-reactive ketones (excluding diaryl/α,β-unsaturated/α-hetero) is 1. The van der Waals surface area contributed by atoms with Gasteiger partial charge in [0.25, 0.3) is 5.91 Å². The summed E-state index contributed by atoms with van der Waals surface area (Å²) in [6.07, 6.45) is 0. The fourth-order valence-electron chi connectivity index (χ4n) is 2.83. The van der Waals surface area contributed by atoms with Crippen LogP contribution in [0.5, 0.6) is 5.75 Å². The Labute approximate surface area is 184 Å². The number of benzene rings is 3. The van der Waals surface area contributed by atoms with E-state index in [0.717, 1.165) is 5.56 Å². The fourth-order valence-corrected chi connectivity index (χ4v) is 3.02. The molecule has 0 aliphatic rings. The van der Waals surface area contributed by atoms with Crippen LogP contribution in [0.25, 0.3) is 0 Å². The Hall–Kier alpha value is -3.64. The lowest BCUT2D eigenvalue weighted by Gasteiger charge is -2.12. The third-order valence-corrected chi connectivity index (χ3v) is 4.73. The number of carbonyl (C=O) groups is 3. The minimum Gasteiger partial charge on any atom is -0.488 e. The van der Waals surface area contributed by atoms with Gasteiger partial charge in [-0.15, -0.1) is 0 Å². The number of ether oxygens (including phenoxy) is 2. The van der Waals surface area contributed by atoms with Crippen molar-refractivity contribution in [2.24, 2.45) is 0 Å². The number of hydrogen-bond donors (Lipinski definition) is 1. The number of amides is 1. The van der Waals surface area contributed by atoms with Crippen molar-refractivity contribution in [1.29, 1.82) is 0 Å². The van der Waals surface area contributed by atoms with Crippen molar-refractivity contribution in [3.05, 3.63) is 94.5 Å². The van der Waals surface area contributed by atoms with Crippen molar-refractivity contribution in [2.75, 3.05) is 11.9 Å². The van der Waals surface area contributed by atoms with E-state index in [2.05, 4.69) is 5.32 Å². The molecule has 0 bridgehead atoms. The van der Waals surface area contributed by atoms with Gasteiger partial charge in [-0.25, -0.2) is 4.79 Å². The van der Waals surface area contributed by atoms with Crippen LogP contribution in [0, 0.1) is 0 Å². The summed E-state index contributed by atoms with van der Waals surface area (Å²) in [7, 11) is 0. The molecule has 0 unspecified atom stereocenters. The van der Waals surface area contributed by atoms with E-state index in [4.69, 9.17) is 21.1 Å². The zero-order chi connectivity index (χ0) is 22.2. The van der Waals surface area contributed by atoms with Gasteiger partial charge in [-0.05, 0) is 37.3 Å². The van der Waals surface area contributed by atoms with Crippen molar-refractivity contribution in [2.45, 2.75) is 13.5 Å². The highest BCUT2D eigenvalue weighted by atomic mass is 35.5. The largest absolute Gasteiger partial charge is 0.488 e. The number of carbonyl (C=O) groups excluding carboxylic acids is 3. The molecule has 0 atom stereocenters. The first-order valence-electron chi connectivity index (χ1n) is 9.48. The Morgan fingerprint density at radius 3 is 2.26 bits per heavy atom. The maximum atomic E-state index is 12.5. The second-order valence-electron chi connectivity index (χ2n) is 6.60. The summed E-state index contributed by atoms with van der Waals surface area (Å²) in [4.78, 5) is 36.4. The molecule has 0 radical (unpaired) electrons. The Balaban J connectivity index is 1.61. The molecular formula is C24H20ClNO5. The van der Waals surface area contributed by atoms with Gasteiger partial charge in [-0.2, -0.15) is 0 Å². The molecule has 0 spiro atoms. The number of hydrogen-bond acceptors (Lipinski definition) is 5. The molecule has 31 heavy (non-hydrogen) atoms. The van der Waals surface area contributed by atoms with Gasteiger partial charge in [0.2, 0.25) is 0 Å². The summed E-state index contributed by atoms with van der Waals surface area (Å²) in [5.74, 6) is -1.13. The van der Waals surface area contributed by atoms with Crippen LogP contribution in [0.1, 0.15) is 33.2 Å². The minimum absolute atomic E-state index is 0.173. The molecular weight excluding hydrogens is 418 g/mol. The lowest BCUT2D eigenvalue weighted by atomic mass is 10.1. The molecule has 0 aliphatic heterocycles. The first-order chi connectivity index (χ1) is 15.0. The molecule has 0 aromatic heterocycles. The third-order valence-electron chi connectivity index (χ3n) is 4.36. The number of halogens is 1. The first kappa shape index (κ1) is 22.1. The fraction of sp³-hybridized carbons (Fsp3) is 0.125. The van der Waals surface area contributed by atoms with E-state index in [1.165, 1.54) is 6.92 Å². The van der Waals surface area contributed by atoms with Crippen molar-refractivity contribution >= 4 is 34.9 Å². The summed E-state index contributed by atoms with van der Waals surface area (Å²) in [5.41, 5.74) is 1.70. The van der Waals surface area contributed by atoms with E-state index in [-0.39, 0.29) is 18.0 Å². The van der Waals surface area contributed by atoms with Gasteiger partial charge in [0.1, 0.15) is 17.9 Å². The number of anilines is 1. The summed E-state index contributed by atoms with van der Waals surface area (Å²) in [5, 5.41) is 3.14. The van der Waals surface area contributed by atoms with Crippen LogP contribution in [0.3, 0.4) is 0 Å². The molecule has 0 saturated carbocycles. The lowest BCUT2D eigenvalue weighted by Crippen LogP contribution is -2.22. The number of nitrogens with one attached hydrogen (secondary N) is 1. The Morgan fingerprint density at radius 1 is 0.871 bits per heavy atom.